The molecule has 0 bridgehead atoms. The van der Waals surface area contributed by atoms with Crippen LogP contribution in [0.5, 0.6) is 0 Å². The second kappa shape index (κ2) is 4.07. The average Bonchev–Trinajstić information content (AvgIpc) is 2.17. The van der Waals surface area contributed by atoms with Crippen LogP contribution >= 0.6 is 0 Å². The van der Waals surface area contributed by atoms with E-state index in [1.807, 2.05) is 25.1 Å². The smallest absolute Gasteiger partial charge is 0.0793 e. The van der Waals surface area contributed by atoms with Crippen molar-refractivity contribution >= 4 is 6.08 Å². The molecule has 1 atom stereocenters. The maximum absolute atomic E-state index is 5.18. The Morgan fingerprint density at radius 3 is 2.33 bits per heavy atom. The molecule has 0 saturated heterocycles. The van der Waals surface area contributed by atoms with Crippen LogP contribution in [0.1, 0.15) is 24.2 Å². The first kappa shape index (κ1) is 9.01. The van der Waals surface area contributed by atoms with Crippen molar-refractivity contribution in [3.63, 3.8) is 0 Å². The Hall–Kier alpha value is -1.08. The molecule has 0 aromatic heterocycles. The quantitative estimate of drug-likeness (QED) is 0.663. The molecule has 1 aromatic rings. The monoisotopic (exact) mass is 162 g/mol. The van der Waals surface area contributed by atoms with Crippen molar-refractivity contribution in [2.75, 3.05) is 7.11 Å². The SMILES string of the molecule is C=Cc1ccc(C(C)OC)cc1. The molecule has 1 aromatic carbocycles. The number of benzene rings is 1. The summed E-state index contributed by atoms with van der Waals surface area (Å²) >= 11 is 0. The van der Waals surface area contributed by atoms with Crippen molar-refractivity contribution in [3.8, 4) is 0 Å². The lowest BCUT2D eigenvalue weighted by molar-refractivity contribution is 0.119. The predicted molar refractivity (Wildman–Crippen MR) is 52.0 cm³/mol. The highest BCUT2D eigenvalue weighted by Gasteiger charge is 2.01. The fourth-order valence-electron chi connectivity index (χ4n) is 1.04. The van der Waals surface area contributed by atoms with E-state index in [9.17, 15) is 0 Å². The minimum absolute atomic E-state index is 0.170. The van der Waals surface area contributed by atoms with Crippen LogP contribution in [0.25, 0.3) is 6.08 Å². The van der Waals surface area contributed by atoms with Crippen LogP contribution in [0, 0.1) is 0 Å². The van der Waals surface area contributed by atoms with Gasteiger partial charge in [0, 0.05) is 7.11 Å². The molecule has 0 fully saturated rings. The zero-order valence-corrected chi connectivity index (χ0v) is 7.58. The normalized spacial score (nSPS) is 12.5. The fraction of sp³-hybridized carbons (Fsp3) is 0.273. The zero-order chi connectivity index (χ0) is 8.97. The summed E-state index contributed by atoms with van der Waals surface area (Å²) in [5, 5.41) is 0. The molecule has 1 heteroatoms. The highest BCUT2D eigenvalue weighted by molar-refractivity contribution is 5.47. The summed E-state index contributed by atoms with van der Waals surface area (Å²) in [7, 11) is 1.71. The van der Waals surface area contributed by atoms with Gasteiger partial charge in [0.25, 0.3) is 0 Å². The number of ether oxygens (including phenoxy) is 1. The van der Waals surface area contributed by atoms with Gasteiger partial charge >= 0.3 is 0 Å². The van der Waals surface area contributed by atoms with Crippen LogP contribution in [0.4, 0.5) is 0 Å². The van der Waals surface area contributed by atoms with Crippen molar-refractivity contribution in [3.05, 3.63) is 42.0 Å². The minimum atomic E-state index is 0.170. The third-order valence-corrected chi connectivity index (χ3v) is 2.00. The average molecular weight is 162 g/mol. The molecule has 0 N–H and O–H groups in total. The summed E-state index contributed by atoms with van der Waals surface area (Å²) in [5.41, 5.74) is 2.34. The van der Waals surface area contributed by atoms with E-state index in [-0.39, 0.29) is 6.10 Å². The van der Waals surface area contributed by atoms with Crippen molar-refractivity contribution < 1.29 is 4.74 Å². The zero-order valence-electron chi connectivity index (χ0n) is 7.58. The molecular formula is C11H14O. The molecule has 0 aliphatic heterocycles. The summed E-state index contributed by atoms with van der Waals surface area (Å²) in [5.74, 6) is 0. The van der Waals surface area contributed by atoms with E-state index in [2.05, 4.69) is 18.7 Å². The molecule has 64 valence electrons. The summed E-state index contributed by atoms with van der Waals surface area (Å²) < 4.78 is 5.18. The summed E-state index contributed by atoms with van der Waals surface area (Å²) in [6.07, 6.45) is 2.00. The predicted octanol–water partition coefficient (Wildman–Crippen LogP) is 3.04. The molecule has 0 amide bonds. The van der Waals surface area contributed by atoms with Crippen molar-refractivity contribution in [2.45, 2.75) is 13.0 Å². The van der Waals surface area contributed by atoms with Gasteiger partial charge in [-0.15, -0.1) is 0 Å². The van der Waals surface area contributed by atoms with Crippen LogP contribution < -0.4 is 0 Å². The lowest BCUT2D eigenvalue weighted by Gasteiger charge is -2.09. The van der Waals surface area contributed by atoms with Gasteiger partial charge in [0.2, 0.25) is 0 Å². The Bertz CT molecular complexity index is 248. The van der Waals surface area contributed by atoms with Gasteiger partial charge in [-0.1, -0.05) is 36.9 Å². The standard InChI is InChI=1S/C11H14O/c1-4-10-5-7-11(8-6-10)9(2)12-3/h4-9H,1H2,2-3H3. The van der Waals surface area contributed by atoms with E-state index in [0.29, 0.717) is 0 Å². The van der Waals surface area contributed by atoms with E-state index in [4.69, 9.17) is 4.74 Å². The van der Waals surface area contributed by atoms with Gasteiger partial charge in [0.05, 0.1) is 6.10 Å². The highest BCUT2D eigenvalue weighted by atomic mass is 16.5. The van der Waals surface area contributed by atoms with Crippen molar-refractivity contribution in [1.82, 2.24) is 0 Å². The van der Waals surface area contributed by atoms with Crippen LogP contribution in [-0.2, 0) is 4.74 Å². The summed E-state index contributed by atoms with van der Waals surface area (Å²) in [6, 6.07) is 8.20. The Balaban J connectivity index is 2.84. The molecular weight excluding hydrogens is 148 g/mol. The Morgan fingerprint density at radius 2 is 1.92 bits per heavy atom. The Labute approximate surface area is 73.7 Å². The molecule has 12 heavy (non-hydrogen) atoms. The molecule has 0 aliphatic rings. The molecule has 0 spiro atoms. The molecule has 1 nitrogen and oxygen atoms in total. The number of hydrogen-bond acceptors (Lipinski definition) is 1. The van der Waals surface area contributed by atoms with Crippen molar-refractivity contribution in [1.29, 1.82) is 0 Å². The number of methoxy groups -OCH3 is 1. The summed E-state index contributed by atoms with van der Waals surface area (Å²) in [4.78, 5) is 0. The second-order valence-electron chi connectivity index (χ2n) is 2.75. The largest absolute Gasteiger partial charge is 0.377 e. The lowest BCUT2D eigenvalue weighted by atomic mass is 10.1. The van der Waals surface area contributed by atoms with E-state index in [1.165, 1.54) is 5.56 Å². The minimum Gasteiger partial charge on any atom is -0.377 e. The summed E-state index contributed by atoms with van der Waals surface area (Å²) in [6.45, 7) is 5.73. The molecule has 0 saturated carbocycles. The van der Waals surface area contributed by atoms with Gasteiger partial charge in [-0.3, -0.25) is 0 Å². The Kier molecular flexibility index (Phi) is 3.06. The van der Waals surface area contributed by atoms with Crippen molar-refractivity contribution in [2.24, 2.45) is 0 Å². The van der Waals surface area contributed by atoms with Crippen LogP contribution in [0.15, 0.2) is 30.8 Å². The maximum Gasteiger partial charge on any atom is 0.0793 e. The molecule has 0 radical (unpaired) electrons. The van der Waals surface area contributed by atoms with E-state index < -0.39 is 0 Å². The van der Waals surface area contributed by atoms with Gasteiger partial charge in [-0.05, 0) is 18.1 Å². The third kappa shape index (κ3) is 1.95. The third-order valence-electron chi connectivity index (χ3n) is 2.00. The van der Waals surface area contributed by atoms with Crippen LogP contribution in [0.2, 0.25) is 0 Å². The molecule has 0 heterocycles. The molecule has 1 rings (SSSR count). The van der Waals surface area contributed by atoms with Crippen LogP contribution in [-0.4, -0.2) is 7.11 Å². The second-order valence-corrected chi connectivity index (χ2v) is 2.75. The maximum atomic E-state index is 5.18. The highest BCUT2D eigenvalue weighted by Crippen LogP contribution is 2.16. The Morgan fingerprint density at radius 1 is 1.33 bits per heavy atom. The molecule has 1 unspecified atom stereocenters. The first-order valence-corrected chi connectivity index (χ1v) is 4.03. The fourth-order valence-corrected chi connectivity index (χ4v) is 1.04. The van der Waals surface area contributed by atoms with E-state index in [0.717, 1.165) is 5.56 Å². The first-order valence-electron chi connectivity index (χ1n) is 4.03. The van der Waals surface area contributed by atoms with Gasteiger partial charge in [0.1, 0.15) is 0 Å². The van der Waals surface area contributed by atoms with Crippen LogP contribution in [0.3, 0.4) is 0 Å². The molecule has 0 aliphatic carbocycles. The number of rotatable bonds is 3. The van der Waals surface area contributed by atoms with E-state index >= 15 is 0 Å². The first-order chi connectivity index (χ1) is 5.77. The van der Waals surface area contributed by atoms with Gasteiger partial charge in [-0.2, -0.15) is 0 Å². The lowest BCUT2D eigenvalue weighted by Crippen LogP contribution is -1.94. The van der Waals surface area contributed by atoms with Gasteiger partial charge < -0.3 is 4.74 Å². The van der Waals surface area contributed by atoms with E-state index in [1.54, 1.807) is 7.11 Å². The number of hydrogen-bond donors (Lipinski definition) is 0. The van der Waals surface area contributed by atoms with Gasteiger partial charge in [-0.25, -0.2) is 0 Å². The topological polar surface area (TPSA) is 9.23 Å². The van der Waals surface area contributed by atoms with Gasteiger partial charge in [0.15, 0.2) is 0 Å².